The van der Waals surface area contributed by atoms with E-state index in [1.807, 2.05) is 25.1 Å². The van der Waals surface area contributed by atoms with Gasteiger partial charge in [-0.2, -0.15) is 4.98 Å². The monoisotopic (exact) mass is 253 g/mol. The lowest BCUT2D eigenvalue weighted by atomic mass is 10.1. The van der Waals surface area contributed by atoms with Crippen LogP contribution in [0.25, 0.3) is 0 Å². The molecule has 0 saturated carbocycles. The van der Waals surface area contributed by atoms with Crippen molar-refractivity contribution in [2.24, 2.45) is 5.73 Å². The van der Waals surface area contributed by atoms with Crippen LogP contribution in [0.15, 0.2) is 34.9 Å². The zero-order valence-electron chi connectivity index (χ0n) is 9.67. The van der Waals surface area contributed by atoms with Crippen molar-refractivity contribution in [2.75, 3.05) is 0 Å². The van der Waals surface area contributed by atoms with Crippen molar-refractivity contribution < 1.29 is 4.52 Å². The molecule has 17 heavy (non-hydrogen) atoms. The van der Waals surface area contributed by atoms with Crippen LogP contribution in [0.1, 0.15) is 30.2 Å². The van der Waals surface area contributed by atoms with E-state index in [1.165, 1.54) is 5.56 Å². The van der Waals surface area contributed by atoms with Gasteiger partial charge in [0.15, 0.2) is 5.82 Å². The van der Waals surface area contributed by atoms with E-state index in [4.69, 9.17) is 10.3 Å². The highest BCUT2D eigenvalue weighted by molar-refractivity contribution is 5.85. The minimum absolute atomic E-state index is 0. The van der Waals surface area contributed by atoms with E-state index in [0.29, 0.717) is 5.89 Å². The van der Waals surface area contributed by atoms with Gasteiger partial charge in [-0.05, 0) is 18.9 Å². The molecule has 0 saturated heterocycles. The number of halogens is 1. The fourth-order valence-electron chi connectivity index (χ4n) is 1.45. The molecule has 1 aromatic heterocycles. The molecular weight excluding hydrogens is 238 g/mol. The van der Waals surface area contributed by atoms with Gasteiger partial charge < -0.3 is 10.3 Å². The number of aromatic nitrogens is 2. The Balaban J connectivity index is 0.00000144. The summed E-state index contributed by atoms with van der Waals surface area (Å²) in [5, 5.41) is 3.89. The van der Waals surface area contributed by atoms with Crippen LogP contribution in [-0.4, -0.2) is 10.1 Å². The summed E-state index contributed by atoms with van der Waals surface area (Å²) in [4.78, 5) is 4.22. The molecule has 0 amide bonds. The van der Waals surface area contributed by atoms with Gasteiger partial charge in [0.1, 0.15) is 0 Å². The standard InChI is InChI=1S/C12H15N3O.ClH/c1-9(13)12-14-11(15-16-12)8-7-10-5-3-2-4-6-10;/h2-6,9H,7-8,13H2,1H3;1H/t9-;/m0./s1. The number of rotatable bonds is 4. The van der Waals surface area contributed by atoms with E-state index in [9.17, 15) is 0 Å². The lowest BCUT2D eigenvalue weighted by Crippen LogP contribution is -2.05. The second-order valence-corrected chi connectivity index (χ2v) is 3.82. The molecule has 0 unspecified atom stereocenters. The summed E-state index contributed by atoms with van der Waals surface area (Å²) in [5.41, 5.74) is 6.91. The Labute approximate surface area is 107 Å². The highest BCUT2D eigenvalue weighted by atomic mass is 35.5. The van der Waals surface area contributed by atoms with Gasteiger partial charge in [-0.15, -0.1) is 12.4 Å². The number of hydrogen-bond donors (Lipinski definition) is 1. The predicted octanol–water partition coefficient (Wildman–Crippen LogP) is 2.30. The maximum atomic E-state index is 5.64. The molecule has 4 nitrogen and oxygen atoms in total. The lowest BCUT2D eigenvalue weighted by Gasteiger charge is -1.96. The summed E-state index contributed by atoms with van der Waals surface area (Å²) in [6.45, 7) is 1.83. The molecule has 0 fully saturated rings. The van der Waals surface area contributed by atoms with Crippen LogP contribution in [0.3, 0.4) is 0 Å². The maximum Gasteiger partial charge on any atom is 0.243 e. The van der Waals surface area contributed by atoms with E-state index in [2.05, 4.69) is 22.3 Å². The third kappa shape index (κ3) is 3.84. The third-order valence-electron chi connectivity index (χ3n) is 2.35. The SMILES string of the molecule is C[C@H](N)c1nc(CCc2ccccc2)no1.Cl. The summed E-state index contributed by atoms with van der Waals surface area (Å²) in [6.07, 6.45) is 1.69. The Morgan fingerprint density at radius 3 is 2.53 bits per heavy atom. The quantitative estimate of drug-likeness (QED) is 0.908. The molecule has 1 heterocycles. The van der Waals surface area contributed by atoms with Crippen LogP contribution in [0, 0.1) is 0 Å². The van der Waals surface area contributed by atoms with Crippen LogP contribution >= 0.6 is 12.4 Å². The number of nitrogens with two attached hydrogens (primary N) is 1. The summed E-state index contributed by atoms with van der Waals surface area (Å²) in [5.74, 6) is 1.22. The highest BCUT2D eigenvalue weighted by Gasteiger charge is 2.09. The molecule has 0 aliphatic heterocycles. The Kier molecular flexibility index (Phi) is 5.12. The molecule has 0 radical (unpaired) electrons. The second-order valence-electron chi connectivity index (χ2n) is 3.82. The Hall–Kier alpha value is -1.39. The van der Waals surface area contributed by atoms with Gasteiger partial charge >= 0.3 is 0 Å². The summed E-state index contributed by atoms with van der Waals surface area (Å²) in [7, 11) is 0. The summed E-state index contributed by atoms with van der Waals surface area (Å²) >= 11 is 0. The van der Waals surface area contributed by atoms with Crippen molar-refractivity contribution in [1.29, 1.82) is 0 Å². The van der Waals surface area contributed by atoms with Crippen LogP contribution < -0.4 is 5.73 Å². The van der Waals surface area contributed by atoms with E-state index in [0.717, 1.165) is 18.7 Å². The average molecular weight is 254 g/mol. The number of aryl methyl sites for hydroxylation is 2. The van der Waals surface area contributed by atoms with Crippen molar-refractivity contribution >= 4 is 12.4 Å². The summed E-state index contributed by atoms with van der Waals surface area (Å²) in [6, 6.07) is 10.0. The Morgan fingerprint density at radius 2 is 1.94 bits per heavy atom. The first-order valence-electron chi connectivity index (χ1n) is 5.37. The zero-order valence-corrected chi connectivity index (χ0v) is 10.5. The van der Waals surface area contributed by atoms with Gasteiger partial charge in [0.25, 0.3) is 0 Å². The molecule has 92 valence electrons. The normalized spacial score (nSPS) is 11.9. The van der Waals surface area contributed by atoms with Crippen molar-refractivity contribution in [3.05, 3.63) is 47.6 Å². The molecule has 0 aliphatic carbocycles. The van der Waals surface area contributed by atoms with Gasteiger partial charge in [-0.1, -0.05) is 35.5 Å². The molecule has 1 atom stereocenters. The van der Waals surface area contributed by atoms with E-state index in [1.54, 1.807) is 0 Å². The molecule has 2 aromatic rings. The Bertz CT molecular complexity index is 442. The van der Waals surface area contributed by atoms with Crippen molar-refractivity contribution in [2.45, 2.75) is 25.8 Å². The van der Waals surface area contributed by atoms with Crippen molar-refractivity contribution in [1.82, 2.24) is 10.1 Å². The van der Waals surface area contributed by atoms with E-state index < -0.39 is 0 Å². The van der Waals surface area contributed by atoms with Crippen molar-refractivity contribution in [3.8, 4) is 0 Å². The molecule has 0 bridgehead atoms. The lowest BCUT2D eigenvalue weighted by molar-refractivity contribution is 0.357. The molecule has 5 heteroatoms. The molecular formula is C12H16ClN3O. The molecule has 0 spiro atoms. The zero-order chi connectivity index (χ0) is 11.4. The first-order chi connectivity index (χ1) is 7.75. The Morgan fingerprint density at radius 1 is 1.24 bits per heavy atom. The van der Waals surface area contributed by atoms with Crippen molar-refractivity contribution in [3.63, 3.8) is 0 Å². The number of benzene rings is 1. The van der Waals surface area contributed by atoms with Gasteiger partial charge in [0.05, 0.1) is 6.04 Å². The smallest absolute Gasteiger partial charge is 0.243 e. The van der Waals surface area contributed by atoms with Crippen LogP contribution in [0.5, 0.6) is 0 Å². The topological polar surface area (TPSA) is 64.9 Å². The second kappa shape index (κ2) is 6.37. The van der Waals surface area contributed by atoms with Gasteiger partial charge in [-0.3, -0.25) is 0 Å². The largest absolute Gasteiger partial charge is 0.338 e. The average Bonchev–Trinajstić information content (AvgIpc) is 2.76. The third-order valence-corrected chi connectivity index (χ3v) is 2.35. The first kappa shape index (κ1) is 13.7. The van der Waals surface area contributed by atoms with Gasteiger partial charge in [0, 0.05) is 6.42 Å². The predicted molar refractivity (Wildman–Crippen MR) is 68.0 cm³/mol. The minimum Gasteiger partial charge on any atom is -0.338 e. The molecule has 2 N–H and O–H groups in total. The fourth-order valence-corrected chi connectivity index (χ4v) is 1.45. The first-order valence-corrected chi connectivity index (χ1v) is 5.37. The number of hydrogen-bond acceptors (Lipinski definition) is 4. The maximum absolute atomic E-state index is 5.64. The highest BCUT2D eigenvalue weighted by Crippen LogP contribution is 2.08. The van der Waals surface area contributed by atoms with Crippen LogP contribution in [-0.2, 0) is 12.8 Å². The number of nitrogens with zero attached hydrogens (tertiary/aromatic N) is 2. The molecule has 2 rings (SSSR count). The fraction of sp³-hybridized carbons (Fsp3) is 0.333. The van der Waals surface area contributed by atoms with Crippen LogP contribution in [0.2, 0.25) is 0 Å². The molecule has 0 aliphatic rings. The van der Waals surface area contributed by atoms with Crippen LogP contribution in [0.4, 0.5) is 0 Å². The summed E-state index contributed by atoms with van der Waals surface area (Å²) < 4.78 is 5.03. The van der Waals surface area contributed by atoms with E-state index >= 15 is 0 Å². The van der Waals surface area contributed by atoms with Gasteiger partial charge in [0.2, 0.25) is 5.89 Å². The van der Waals surface area contributed by atoms with E-state index in [-0.39, 0.29) is 18.4 Å². The van der Waals surface area contributed by atoms with Gasteiger partial charge in [-0.25, -0.2) is 0 Å². The minimum atomic E-state index is -0.196. The molecule has 1 aromatic carbocycles.